The summed E-state index contributed by atoms with van der Waals surface area (Å²) < 4.78 is 5.25. The molecule has 0 radical (unpaired) electrons. The summed E-state index contributed by atoms with van der Waals surface area (Å²) in [5.41, 5.74) is 2.12. The Morgan fingerprint density at radius 1 is 1.09 bits per heavy atom. The van der Waals surface area contributed by atoms with Gasteiger partial charge in [0.05, 0.1) is 11.8 Å². The third kappa shape index (κ3) is 2.94. The van der Waals surface area contributed by atoms with Gasteiger partial charge >= 0.3 is 0 Å². The van der Waals surface area contributed by atoms with Gasteiger partial charge in [-0.2, -0.15) is 0 Å². The molecule has 0 saturated heterocycles. The lowest BCUT2D eigenvalue weighted by Crippen LogP contribution is -2.39. The van der Waals surface area contributed by atoms with Gasteiger partial charge in [-0.15, -0.1) is 0 Å². The third-order valence-electron chi connectivity index (χ3n) is 4.92. The molecule has 1 aromatic heterocycles. The standard InChI is InChI=1S/C19H23NO2/c1-14-18(12-13-22-14)19(21)20(2)17-10-8-16(9-11-17)15-6-4-3-5-7-15/h3-7,12-13,16-17H,8-11H2,1-2H3. The zero-order valence-corrected chi connectivity index (χ0v) is 13.3. The molecule has 1 fully saturated rings. The molecule has 0 atom stereocenters. The highest BCUT2D eigenvalue weighted by molar-refractivity contribution is 5.95. The van der Waals surface area contributed by atoms with Gasteiger partial charge in [0.15, 0.2) is 0 Å². The Morgan fingerprint density at radius 2 is 1.77 bits per heavy atom. The number of carbonyl (C=O) groups is 1. The first-order chi connectivity index (χ1) is 10.7. The van der Waals surface area contributed by atoms with Crippen molar-refractivity contribution < 1.29 is 9.21 Å². The molecule has 0 aliphatic heterocycles. The minimum Gasteiger partial charge on any atom is -0.469 e. The van der Waals surface area contributed by atoms with E-state index >= 15 is 0 Å². The summed E-state index contributed by atoms with van der Waals surface area (Å²) >= 11 is 0. The van der Waals surface area contributed by atoms with Crippen molar-refractivity contribution in [1.82, 2.24) is 4.90 Å². The zero-order chi connectivity index (χ0) is 15.5. The average Bonchev–Trinajstić information content (AvgIpc) is 3.00. The summed E-state index contributed by atoms with van der Waals surface area (Å²) in [5, 5.41) is 0. The van der Waals surface area contributed by atoms with Crippen molar-refractivity contribution in [3.05, 3.63) is 59.5 Å². The second kappa shape index (κ2) is 6.39. The fourth-order valence-corrected chi connectivity index (χ4v) is 3.48. The highest BCUT2D eigenvalue weighted by Crippen LogP contribution is 2.34. The molecule has 3 nitrogen and oxygen atoms in total. The Labute approximate surface area is 131 Å². The summed E-state index contributed by atoms with van der Waals surface area (Å²) in [4.78, 5) is 14.4. The summed E-state index contributed by atoms with van der Waals surface area (Å²) in [6, 6.07) is 12.8. The Balaban J connectivity index is 1.61. The van der Waals surface area contributed by atoms with Gasteiger partial charge < -0.3 is 9.32 Å². The number of hydrogen-bond donors (Lipinski definition) is 0. The SMILES string of the molecule is Cc1occc1C(=O)N(C)C1CCC(c2ccccc2)CC1. The van der Waals surface area contributed by atoms with Crippen molar-refractivity contribution in [2.75, 3.05) is 7.05 Å². The Morgan fingerprint density at radius 3 is 2.36 bits per heavy atom. The minimum absolute atomic E-state index is 0.0782. The van der Waals surface area contributed by atoms with Gasteiger partial charge in [0.1, 0.15) is 5.76 Å². The van der Waals surface area contributed by atoms with Crippen LogP contribution < -0.4 is 0 Å². The zero-order valence-electron chi connectivity index (χ0n) is 13.3. The van der Waals surface area contributed by atoms with Crippen molar-refractivity contribution in [3.63, 3.8) is 0 Å². The Bertz CT molecular complexity index is 624. The molecular formula is C19H23NO2. The molecule has 3 heteroatoms. The average molecular weight is 297 g/mol. The van der Waals surface area contributed by atoms with E-state index in [1.165, 1.54) is 5.56 Å². The summed E-state index contributed by atoms with van der Waals surface area (Å²) in [5.74, 6) is 1.42. The van der Waals surface area contributed by atoms with Crippen LogP contribution in [-0.2, 0) is 0 Å². The molecule has 3 rings (SSSR count). The molecule has 1 saturated carbocycles. The molecule has 22 heavy (non-hydrogen) atoms. The molecular weight excluding hydrogens is 274 g/mol. The number of furan rings is 1. The molecule has 0 bridgehead atoms. The molecule has 1 aromatic carbocycles. The summed E-state index contributed by atoms with van der Waals surface area (Å²) in [6.45, 7) is 1.84. The van der Waals surface area contributed by atoms with Gasteiger partial charge in [-0.25, -0.2) is 0 Å². The maximum Gasteiger partial charge on any atom is 0.257 e. The number of aryl methyl sites for hydroxylation is 1. The summed E-state index contributed by atoms with van der Waals surface area (Å²) in [6.07, 6.45) is 6.02. The minimum atomic E-state index is 0.0782. The maximum atomic E-state index is 12.5. The number of benzene rings is 1. The fraction of sp³-hybridized carbons (Fsp3) is 0.421. The number of rotatable bonds is 3. The quantitative estimate of drug-likeness (QED) is 0.842. The van der Waals surface area contributed by atoms with Crippen LogP contribution in [0.5, 0.6) is 0 Å². The van der Waals surface area contributed by atoms with Gasteiger partial charge in [-0.3, -0.25) is 4.79 Å². The first-order valence-electron chi connectivity index (χ1n) is 8.03. The van der Waals surface area contributed by atoms with E-state index in [-0.39, 0.29) is 5.91 Å². The second-order valence-electron chi connectivity index (χ2n) is 6.22. The molecule has 1 heterocycles. The van der Waals surface area contributed by atoms with Crippen molar-refractivity contribution in [1.29, 1.82) is 0 Å². The predicted octanol–water partition coefficient (Wildman–Crippen LogP) is 4.39. The molecule has 116 valence electrons. The lowest BCUT2D eigenvalue weighted by molar-refractivity contribution is 0.0687. The monoisotopic (exact) mass is 297 g/mol. The highest BCUT2D eigenvalue weighted by Gasteiger charge is 2.28. The molecule has 2 aromatic rings. The van der Waals surface area contributed by atoms with E-state index < -0.39 is 0 Å². The fourth-order valence-electron chi connectivity index (χ4n) is 3.48. The molecule has 0 N–H and O–H groups in total. The smallest absolute Gasteiger partial charge is 0.257 e. The van der Waals surface area contributed by atoms with Crippen molar-refractivity contribution in [2.45, 2.75) is 44.6 Å². The van der Waals surface area contributed by atoms with E-state index in [1.54, 1.807) is 12.3 Å². The molecule has 1 amide bonds. The molecule has 0 unspecified atom stereocenters. The van der Waals surface area contributed by atoms with Crippen LogP contribution in [0.2, 0.25) is 0 Å². The lowest BCUT2D eigenvalue weighted by atomic mass is 9.81. The third-order valence-corrected chi connectivity index (χ3v) is 4.92. The van der Waals surface area contributed by atoms with E-state index in [1.807, 2.05) is 18.9 Å². The largest absolute Gasteiger partial charge is 0.469 e. The Hall–Kier alpha value is -2.03. The van der Waals surface area contributed by atoms with E-state index in [9.17, 15) is 4.79 Å². The number of amides is 1. The van der Waals surface area contributed by atoms with Gasteiger partial charge in [-0.1, -0.05) is 30.3 Å². The normalized spacial score (nSPS) is 21.5. The first kappa shape index (κ1) is 14.9. The van der Waals surface area contributed by atoms with Crippen LogP contribution in [0.3, 0.4) is 0 Å². The van der Waals surface area contributed by atoms with E-state index in [2.05, 4.69) is 30.3 Å². The Kier molecular flexibility index (Phi) is 4.32. The van der Waals surface area contributed by atoms with Crippen LogP contribution in [0.25, 0.3) is 0 Å². The topological polar surface area (TPSA) is 33.5 Å². The van der Waals surface area contributed by atoms with Crippen molar-refractivity contribution in [3.8, 4) is 0 Å². The number of carbonyl (C=O) groups excluding carboxylic acids is 1. The lowest BCUT2D eigenvalue weighted by Gasteiger charge is -2.34. The van der Waals surface area contributed by atoms with Gasteiger partial charge in [0.25, 0.3) is 5.91 Å². The van der Waals surface area contributed by atoms with Crippen molar-refractivity contribution in [2.24, 2.45) is 0 Å². The second-order valence-corrected chi connectivity index (χ2v) is 6.22. The van der Waals surface area contributed by atoms with E-state index in [0.29, 0.717) is 23.3 Å². The first-order valence-corrected chi connectivity index (χ1v) is 8.03. The van der Waals surface area contributed by atoms with E-state index in [0.717, 1.165) is 25.7 Å². The van der Waals surface area contributed by atoms with E-state index in [4.69, 9.17) is 4.42 Å². The van der Waals surface area contributed by atoms with Crippen LogP contribution in [0.4, 0.5) is 0 Å². The van der Waals surface area contributed by atoms with Crippen LogP contribution >= 0.6 is 0 Å². The maximum absolute atomic E-state index is 12.5. The van der Waals surface area contributed by atoms with Gasteiger partial charge in [0, 0.05) is 13.1 Å². The van der Waals surface area contributed by atoms with Gasteiger partial charge in [-0.05, 0) is 50.2 Å². The molecule has 1 aliphatic rings. The number of hydrogen-bond acceptors (Lipinski definition) is 2. The summed E-state index contributed by atoms with van der Waals surface area (Å²) in [7, 11) is 1.92. The highest BCUT2D eigenvalue weighted by atomic mass is 16.3. The van der Waals surface area contributed by atoms with Crippen molar-refractivity contribution >= 4 is 5.91 Å². The van der Waals surface area contributed by atoms with Gasteiger partial charge in [0.2, 0.25) is 0 Å². The van der Waals surface area contributed by atoms with Crippen LogP contribution in [0.15, 0.2) is 47.1 Å². The van der Waals surface area contributed by atoms with Crippen LogP contribution in [0.1, 0.15) is 53.3 Å². The van der Waals surface area contributed by atoms with Crippen LogP contribution in [0, 0.1) is 6.92 Å². The van der Waals surface area contributed by atoms with Crippen LogP contribution in [-0.4, -0.2) is 23.9 Å². The molecule has 0 spiro atoms. The molecule has 1 aliphatic carbocycles. The number of nitrogens with zero attached hydrogens (tertiary/aromatic N) is 1. The predicted molar refractivity (Wildman–Crippen MR) is 87.0 cm³/mol.